The Morgan fingerprint density at radius 3 is 2.71 bits per heavy atom. The molecule has 0 amide bonds. The highest BCUT2D eigenvalue weighted by Crippen LogP contribution is 2.28. The van der Waals surface area contributed by atoms with Crippen LogP contribution in [0.25, 0.3) is 0 Å². The van der Waals surface area contributed by atoms with Gasteiger partial charge in [-0.25, -0.2) is 0 Å². The van der Waals surface area contributed by atoms with Crippen molar-refractivity contribution in [1.29, 1.82) is 0 Å². The van der Waals surface area contributed by atoms with Gasteiger partial charge in [0.25, 0.3) is 0 Å². The maximum Gasteiger partial charge on any atom is 0.119 e. The number of thiophene rings is 1. The molecule has 3 nitrogen and oxygen atoms in total. The van der Waals surface area contributed by atoms with Crippen LogP contribution in [-0.4, -0.2) is 25.1 Å². The molecule has 2 unspecified atom stereocenters. The van der Waals surface area contributed by atoms with E-state index in [1.807, 2.05) is 12.1 Å². The summed E-state index contributed by atoms with van der Waals surface area (Å²) in [4.78, 5) is 3.68. The smallest absolute Gasteiger partial charge is 0.119 e. The normalized spacial score (nSPS) is 14.1. The standard InChI is InChI=1S/C17H24N2OS/c1-4-16(18)17(13-7-5-8-14(11-13)20-3)19(2)12-15-9-6-10-21-15/h5-11,16-17H,4,12,18H2,1-3H3. The molecule has 2 atom stereocenters. The Morgan fingerprint density at radius 2 is 2.10 bits per heavy atom. The number of hydrogen-bond donors (Lipinski definition) is 1. The van der Waals surface area contributed by atoms with Gasteiger partial charge in [0.2, 0.25) is 0 Å². The predicted octanol–water partition coefficient (Wildman–Crippen LogP) is 3.67. The summed E-state index contributed by atoms with van der Waals surface area (Å²) in [6.45, 7) is 3.05. The number of rotatable bonds is 7. The summed E-state index contributed by atoms with van der Waals surface area (Å²) in [6.07, 6.45) is 0.941. The molecule has 0 aliphatic heterocycles. The molecule has 0 spiro atoms. The largest absolute Gasteiger partial charge is 0.497 e. The molecule has 0 aliphatic rings. The molecule has 4 heteroatoms. The van der Waals surface area contributed by atoms with Crippen LogP contribution in [0.5, 0.6) is 5.75 Å². The van der Waals surface area contributed by atoms with E-state index in [9.17, 15) is 0 Å². The second-order valence-corrected chi connectivity index (χ2v) is 6.32. The number of methoxy groups -OCH3 is 1. The lowest BCUT2D eigenvalue weighted by Gasteiger charge is -2.32. The van der Waals surface area contributed by atoms with E-state index in [-0.39, 0.29) is 12.1 Å². The first-order chi connectivity index (χ1) is 10.2. The van der Waals surface area contributed by atoms with Crippen molar-refractivity contribution < 1.29 is 4.74 Å². The molecule has 21 heavy (non-hydrogen) atoms. The molecule has 2 rings (SSSR count). The summed E-state index contributed by atoms with van der Waals surface area (Å²) in [6, 6.07) is 12.8. The number of nitrogens with zero attached hydrogens (tertiary/aromatic N) is 1. The van der Waals surface area contributed by atoms with Gasteiger partial charge in [-0.05, 0) is 42.6 Å². The molecular formula is C17H24N2OS. The van der Waals surface area contributed by atoms with Gasteiger partial charge < -0.3 is 10.5 Å². The van der Waals surface area contributed by atoms with Crippen molar-refractivity contribution in [2.24, 2.45) is 5.73 Å². The quantitative estimate of drug-likeness (QED) is 0.848. The Kier molecular flexibility index (Phi) is 5.79. The number of nitrogens with two attached hydrogens (primary N) is 1. The van der Waals surface area contributed by atoms with Gasteiger partial charge in [-0.1, -0.05) is 25.1 Å². The van der Waals surface area contributed by atoms with Crippen LogP contribution in [0.15, 0.2) is 41.8 Å². The molecule has 1 aromatic carbocycles. The Morgan fingerprint density at radius 1 is 1.29 bits per heavy atom. The van der Waals surface area contributed by atoms with Crippen LogP contribution in [0.2, 0.25) is 0 Å². The van der Waals surface area contributed by atoms with E-state index >= 15 is 0 Å². The molecule has 0 saturated carbocycles. The van der Waals surface area contributed by atoms with E-state index in [4.69, 9.17) is 10.5 Å². The highest BCUT2D eigenvalue weighted by Gasteiger charge is 2.23. The second kappa shape index (κ2) is 7.59. The highest BCUT2D eigenvalue weighted by atomic mass is 32.1. The number of ether oxygens (including phenoxy) is 1. The molecule has 1 heterocycles. The van der Waals surface area contributed by atoms with Crippen LogP contribution in [0.3, 0.4) is 0 Å². The van der Waals surface area contributed by atoms with Crippen molar-refractivity contribution in [3.63, 3.8) is 0 Å². The zero-order valence-electron chi connectivity index (χ0n) is 13.0. The van der Waals surface area contributed by atoms with E-state index in [0.29, 0.717) is 0 Å². The van der Waals surface area contributed by atoms with Gasteiger partial charge in [0.1, 0.15) is 5.75 Å². The van der Waals surface area contributed by atoms with E-state index in [1.54, 1.807) is 18.4 Å². The maximum atomic E-state index is 6.39. The average molecular weight is 304 g/mol. The fourth-order valence-corrected chi connectivity index (χ4v) is 3.39. The minimum atomic E-state index is 0.0991. The van der Waals surface area contributed by atoms with Crippen molar-refractivity contribution >= 4 is 11.3 Å². The van der Waals surface area contributed by atoms with Gasteiger partial charge in [-0.15, -0.1) is 11.3 Å². The van der Waals surface area contributed by atoms with Crippen LogP contribution < -0.4 is 10.5 Å². The zero-order valence-corrected chi connectivity index (χ0v) is 13.8. The van der Waals surface area contributed by atoms with Crippen LogP contribution in [-0.2, 0) is 6.54 Å². The van der Waals surface area contributed by atoms with E-state index in [0.717, 1.165) is 18.7 Å². The van der Waals surface area contributed by atoms with Gasteiger partial charge in [-0.3, -0.25) is 4.90 Å². The predicted molar refractivity (Wildman–Crippen MR) is 89.8 cm³/mol. The van der Waals surface area contributed by atoms with Crippen molar-refractivity contribution in [1.82, 2.24) is 4.90 Å². The molecule has 0 saturated heterocycles. The van der Waals surface area contributed by atoms with Crippen molar-refractivity contribution in [3.8, 4) is 5.75 Å². The summed E-state index contributed by atoms with van der Waals surface area (Å²) in [7, 11) is 3.84. The monoisotopic (exact) mass is 304 g/mol. The average Bonchev–Trinajstić information content (AvgIpc) is 3.00. The Balaban J connectivity index is 2.24. The third kappa shape index (κ3) is 4.06. The summed E-state index contributed by atoms with van der Waals surface area (Å²) in [5.41, 5.74) is 7.60. The lowest BCUT2D eigenvalue weighted by atomic mass is 9.96. The lowest BCUT2D eigenvalue weighted by Crippen LogP contribution is -2.38. The maximum absolute atomic E-state index is 6.39. The minimum absolute atomic E-state index is 0.0991. The molecular weight excluding hydrogens is 280 g/mol. The highest BCUT2D eigenvalue weighted by molar-refractivity contribution is 7.09. The third-order valence-corrected chi connectivity index (χ3v) is 4.63. The second-order valence-electron chi connectivity index (χ2n) is 5.29. The van der Waals surface area contributed by atoms with Crippen LogP contribution >= 0.6 is 11.3 Å². The van der Waals surface area contributed by atoms with Gasteiger partial charge >= 0.3 is 0 Å². The molecule has 2 N–H and O–H groups in total. The fourth-order valence-electron chi connectivity index (χ4n) is 2.62. The summed E-state index contributed by atoms with van der Waals surface area (Å²) >= 11 is 1.78. The molecule has 114 valence electrons. The topological polar surface area (TPSA) is 38.5 Å². The Hall–Kier alpha value is -1.36. The first-order valence-electron chi connectivity index (χ1n) is 7.27. The molecule has 2 aromatic rings. The third-order valence-electron chi connectivity index (χ3n) is 3.77. The molecule has 1 aromatic heterocycles. The number of benzene rings is 1. The fraction of sp³-hybridized carbons (Fsp3) is 0.412. The van der Waals surface area contributed by atoms with Gasteiger partial charge in [-0.2, -0.15) is 0 Å². The number of likely N-dealkylation sites (N-methyl/N-ethyl adjacent to an activating group) is 1. The minimum Gasteiger partial charge on any atom is -0.497 e. The summed E-state index contributed by atoms with van der Waals surface area (Å²) < 4.78 is 5.35. The van der Waals surface area contributed by atoms with Gasteiger partial charge in [0.05, 0.1) is 13.2 Å². The lowest BCUT2D eigenvalue weighted by molar-refractivity contribution is 0.203. The molecule has 0 radical (unpaired) electrons. The molecule has 0 aliphatic carbocycles. The van der Waals surface area contributed by atoms with Gasteiger partial charge in [0, 0.05) is 17.5 Å². The first kappa shape index (κ1) is 16.0. The molecule has 0 fully saturated rings. The van der Waals surface area contributed by atoms with Crippen LogP contribution in [0.4, 0.5) is 0 Å². The van der Waals surface area contributed by atoms with E-state index in [2.05, 4.69) is 48.5 Å². The van der Waals surface area contributed by atoms with Crippen LogP contribution in [0, 0.1) is 0 Å². The Bertz CT molecular complexity index is 541. The van der Waals surface area contributed by atoms with E-state index < -0.39 is 0 Å². The summed E-state index contributed by atoms with van der Waals surface area (Å²) in [5, 5.41) is 2.11. The summed E-state index contributed by atoms with van der Waals surface area (Å²) in [5.74, 6) is 0.880. The zero-order chi connectivity index (χ0) is 15.2. The Labute approximate surface area is 131 Å². The SMILES string of the molecule is CCC(N)C(c1cccc(OC)c1)N(C)Cc1cccs1. The van der Waals surface area contributed by atoms with Gasteiger partial charge in [0.15, 0.2) is 0 Å². The van der Waals surface area contributed by atoms with Crippen molar-refractivity contribution in [2.75, 3.05) is 14.2 Å². The number of hydrogen-bond acceptors (Lipinski definition) is 4. The molecule has 0 bridgehead atoms. The van der Waals surface area contributed by atoms with E-state index in [1.165, 1.54) is 10.4 Å². The van der Waals surface area contributed by atoms with Crippen LogP contribution in [0.1, 0.15) is 29.8 Å². The van der Waals surface area contributed by atoms with Crippen molar-refractivity contribution in [2.45, 2.75) is 32.0 Å². The first-order valence-corrected chi connectivity index (χ1v) is 8.15. The van der Waals surface area contributed by atoms with Crippen molar-refractivity contribution in [3.05, 3.63) is 52.2 Å².